The van der Waals surface area contributed by atoms with E-state index in [9.17, 15) is 4.79 Å². The molecule has 0 fully saturated rings. The van der Waals surface area contributed by atoms with Crippen molar-refractivity contribution in [3.63, 3.8) is 0 Å². The van der Waals surface area contributed by atoms with Crippen LogP contribution in [-0.4, -0.2) is 19.0 Å². The van der Waals surface area contributed by atoms with Crippen molar-refractivity contribution in [2.45, 2.75) is 6.42 Å². The van der Waals surface area contributed by atoms with Crippen LogP contribution in [0.1, 0.15) is 16.8 Å². The van der Waals surface area contributed by atoms with Crippen LogP contribution in [0.3, 0.4) is 0 Å². The number of hydrogen-bond acceptors (Lipinski definition) is 3. The number of carbonyl (C=O) groups excluding carboxylic acids is 1. The molecule has 0 heterocycles. The number of nitrogens with zero attached hydrogens (tertiary/aromatic N) is 2. The number of hydrogen-bond donors (Lipinski definition) is 0. The Balaban J connectivity index is 1.93. The van der Waals surface area contributed by atoms with Gasteiger partial charge in [-0.15, -0.1) is 0 Å². The monoisotopic (exact) mass is 286 g/mol. The molecule has 0 aromatic heterocycles. The van der Waals surface area contributed by atoms with Crippen molar-refractivity contribution < 1.29 is 4.79 Å². The number of benzene rings is 2. The van der Waals surface area contributed by atoms with Crippen molar-refractivity contribution in [2.75, 3.05) is 12.1 Å². The van der Waals surface area contributed by atoms with E-state index < -0.39 is 0 Å². The van der Waals surface area contributed by atoms with E-state index >= 15 is 0 Å². The van der Waals surface area contributed by atoms with E-state index in [4.69, 9.17) is 11.6 Å². The fourth-order valence-corrected chi connectivity index (χ4v) is 1.84. The lowest BCUT2D eigenvalue weighted by Crippen LogP contribution is -2.09. The molecule has 2 aromatic rings. The molecule has 0 atom stereocenters. The maximum atomic E-state index is 11.9. The van der Waals surface area contributed by atoms with E-state index in [-0.39, 0.29) is 12.2 Å². The summed E-state index contributed by atoms with van der Waals surface area (Å²) in [6.07, 6.45) is 1.88. The Morgan fingerprint density at radius 2 is 1.80 bits per heavy atom. The van der Waals surface area contributed by atoms with Crippen molar-refractivity contribution in [2.24, 2.45) is 5.10 Å². The number of hydrazone groups is 1. The van der Waals surface area contributed by atoms with Gasteiger partial charge < -0.3 is 0 Å². The lowest BCUT2D eigenvalue weighted by atomic mass is 10.1. The highest BCUT2D eigenvalue weighted by molar-refractivity contribution is 6.30. The number of anilines is 1. The highest BCUT2D eigenvalue weighted by Gasteiger charge is 2.04. The zero-order valence-corrected chi connectivity index (χ0v) is 11.9. The van der Waals surface area contributed by atoms with Gasteiger partial charge in [-0.05, 0) is 36.4 Å². The summed E-state index contributed by atoms with van der Waals surface area (Å²) in [7, 11) is 1.85. The summed E-state index contributed by atoms with van der Waals surface area (Å²) in [5, 5.41) is 6.59. The fourth-order valence-electron chi connectivity index (χ4n) is 1.71. The first-order chi connectivity index (χ1) is 9.66. The average Bonchev–Trinajstić information content (AvgIpc) is 2.48. The Morgan fingerprint density at radius 1 is 1.15 bits per heavy atom. The zero-order chi connectivity index (χ0) is 14.4. The summed E-state index contributed by atoms with van der Waals surface area (Å²) in [5.41, 5.74) is 1.62. The fraction of sp³-hybridized carbons (Fsp3) is 0.125. The molecule has 0 N–H and O–H groups in total. The minimum absolute atomic E-state index is 0.0203. The zero-order valence-electron chi connectivity index (χ0n) is 11.2. The van der Waals surface area contributed by atoms with E-state index in [0.717, 1.165) is 5.69 Å². The van der Waals surface area contributed by atoms with Crippen LogP contribution in [0.15, 0.2) is 59.7 Å². The lowest BCUT2D eigenvalue weighted by molar-refractivity contribution is 0.100. The molecule has 0 saturated carbocycles. The molecule has 3 nitrogen and oxygen atoms in total. The van der Waals surface area contributed by atoms with Crippen molar-refractivity contribution in [3.05, 3.63) is 65.2 Å². The van der Waals surface area contributed by atoms with Gasteiger partial charge in [0, 0.05) is 30.3 Å². The van der Waals surface area contributed by atoms with Gasteiger partial charge in [-0.1, -0.05) is 29.8 Å². The van der Waals surface area contributed by atoms with Gasteiger partial charge in [0.25, 0.3) is 0 Å². The number of halogens is 1. The van der Waals surface area contributed by atoms with E-state index in [1.807, 2.05) is 37.4 Å². The molecule has 102 valence electrons. The van der Waals surface area contributed by atoms with Crippen molar-refractivity contribution >= 4 is 29.3 Å². The first-order valence-electron chi connectivity index (χ1n) is 6.27. The Labute approximate surface area is 123 Å². The van der Waals surface area contributed by atoms with Gasteiger partial charge in [0.1, 0.15) is 0 Å². The molecular formula is C16H15ClN2O. The van der Waals surface area contributed by atoms with Crippen LogP contribution in [0.25, 0.3) is 0 Å². The third-order valence-electron chi connectivity index (χ3n) is 2.83. The molecule has 0 radical (unpaired) electrons. The lowest BCUT2D eigenvalue weighted by Gasteiger charge is -2.11. The van der Waals surface area contributed by atoms with E-state index in [1.54, 1.807) is 35.5 Å². The van der Waals surface area contributed by atoms with Crippen molar-refractivity contribution in [1.29, 1.82) is 0 Å². The van der Waals surface area contributed by atoms with Crippen LogP contribution < -0.4 is 5.01 Å². The molecule has 2 rings (SSSR count). The average molecular weight is 287 g/mol. The number of carbonyl (C=O) groups is 1. The Bertz CT molecular complexity index is 594. The SMILES string of the molecule is CN(/N=C/CC(=O)c1ccc(Cl)cc1)c1ccccc1. The van der Waals surface area contributed by atoms with Crippen LogP contribution in [0, 0.1) is 0 Å². The Morgan fingerprint density at radius 3 is 2.45 bits per heavy atom. The molecule has 0 amide bonds. The number of rotatable bonds is 5. The normalized spacial score (nSPS) is 10.7. The molecule has 0 aliphatic rings. The summed E-state index contributed by atoms with van der Waals surface area (Å²) < 4.78 is 0. The first-order valence-corrected chi connectivity index (χ1v) is 6.64. The molecule has 0 aliphatic carbocycles. The maximum Gasteiger partial charge on any atom is 0.168 e. The van der Waals surface area contributed by atoms with Crippen LogP contribution in [0.2, 0.25) is 5.02 Å². The van der Waals surface area contributed by atoms with Crippen molar-refractivity contribution in [3.8, 4) is 0 Å². The Hall–Kier alpha value is -2.13. The third kappa shape index (κ3) is 3.93. The van der Waals surface area contributed by atoms with Gasteiger partial charge in [-0.3, -0.25) is 9.80 Å². The van der Waals surface area contributed by atoms with Crippen LogP contribution >= 0.6 is 11.6 Å². The van der Waals surface area contributed by atoms with E-state index in [2.05, 4.69) is 5.10 Å². The third-order valence-corrected chi connectivity index (χ3v) is 3.08. The second-order valence-electron chi connectivity index (χ2n) is 4.29. The molecule has 0 aliphatic heterocycles. The van der Waals surface area contributed by atoms with Gasteiger partial charge in [0.2, 0.25) is 0 Å². The van der Waals surface area contributed by atoms with Crippen molar-refractivity contribution in [1.82, 2.24) is 0 Å². The molecule has 20 heavy (non-hydrogen) atoms. The Kier molecular flexibility index (Phi) is 4.91. The summed E-state index contributed by atoms with van der Waals surface area (Å²) in [6, 6.07) is 16.6. The first kappa shape index (κ1) is 14.3. The molecule has 0 spiro atoms. The minimum atomic E-state index is 0.0203. The smallest absolute Gasteiger partial charge is 0.168 e. The molecule has 4 heteroatoms. The number of para-hydroxylation sites is 1. The summed E-state index contributed by atoms with van der Waals surface area (Å²) >= 11 is 5.79. The highest BCUT2D eigenvalue weighted by Crippen LogP contribution is 2.12. The van der Waals surface area contributed by atoms with E-state index in [1.165, 1.54) is 0 Å². The molecule has 0 bridgehead atoms. The quantitative estimate of drug-likeness (QED) is 0.472. The van der Waals surface area contributed by atoms with Crippen LogP contribution in [0.4, 0.5) is 5.69 Å². The van der Waals surface area contributed by atoms with Gasteiger partial charge in [0.15, 0.2) is 5.78 Å². The molecule has 0 saturated heterocycles. The highest BCUT2D eigenvalue weighted by atomic mass is 35.5. The summed E-state index contributed by atoms with van der Waals surface area (Å²) in [4.78, 5) is 11.9. The van der Waals surface area contributed by atoms with Crippen LogP contribution in [0.5, 0.6) is 0 Å². The van der Waals surface area contributed by atoms with Crippen LogP contribution in [-0.2, 0) is 0 Å². The number of ketones is 1. The molecular weight excluding hydrogens is 272 g/mol. The van der Waals surface area contributed by atoms with Gasteiger partial charge in [0.05, 0.1) is 5.69 Å². The second kappa shape index (κ2) is 6.87. The predicted octanol–water partition coefficient (Wildman–Crippen LogP) is 4.04. The van der Waals surface area contributed by atoms with E-state index in [0.29, 0.717) is 10.6 Å². The summed E-state index contributed by atoms with van der Waals surface area (Å²) in [6.45, 7) is 0. The summed E-state index contributed by atoms with van der Waals surface area (Å²) in [5.74, 6) is 0.0203. The second-order valence-corrected chi connectivity index (χ2v) is 4.73. The molecule has 0 unspecified atom stereocenters. The topological polar surface area (TPSA) is 32.7 Å². The van der Waals surface area contributed by atoms with Gasteiger partial charge in [-0.2, -0.15) is 5.10 Å². The van der Waals surface area contributed by atoms with Gasteiger partial charge >= 0.3 is 0 Å². The number of Topliss-reactive ketones (excluding diaryl/α,β-unsaturated/α-hetero) is 1. The molecule has 2 aromatic carbocycles. The predicted molar refractivity (Wildman–Crippen MR) is 83.7 cm³/mol. The standard InChI is InChI=1S/C16H15ClN2O/c1-19(15-5-3-2-4-6-15)18-12-11-16(20)13-7-9-14(17)10-8-13/h2-10,12H,11H2,1H3/b18-12+. The minimum Gasteiger partial charge on any atom is -0.294 e. The maximum absolute atomic E-state index is 11.9. The largest absolute Gasteiger partial charge is 0.294 e. The van der Waals surface area contributed by atoms with Gasteiger partial charge in [-0.25, -0.2) is 0 Å².